The number of nitrogens with zero attached hydrogens (tertiary/aromatic N) is 2. The van der Waals surface area contributed by atoms with Gasteiger partial charge in [0, 0.05) is 6.54 Å². The summed E-state index contributed by atoms with van der Waals surface area (Å²) in [5.74, 6) is 1.34. The topological polar surface area (TPSA) is 77.2 Å². The van der Waals surface area contributed by atoms with Gasteiger partial charge in [0.25, 0.3) is 11.1 Å². The molecule has 0 radical (unpaired) electrons. The van der Waals surface area contributed by atoms with Crippen LogP contribution in [-0.4, -0.2) is 35.0 Å². The minimum Gasteiger partial charge on any atom is -0.493 e. The van der Waals surface area contributed by atoms with E-state index in [2.05, 4.69) is 22.4 Å². The van der Waals surface area contributed by atoms with Gasteiger partial charge in [-0.1, -0.05) is 43.7 Å². The highest BCUT2D eigenvalue weighted by Crippen LogP contribution is 2.30. The van der Waals surface area contributed by atoms with Crippen LogP contribution in [0.3, 0.4) is 0 Å². The summed E-state index contributed by atoms with van der Waals surface area (Å²) < 4.78 is 11.2. The Morgan fingerprint density at radius 1 is 1.25 bits per heavy atom. The van der Waals surface area contributed by atoms with Crippen LogP contribution in [-0.2, 0) is 4.79 Å². The monoisotopic (exact) mass is 349 g/mol. The molecule has 24 heavy (non-hydrogen) atoms. The van der Waals surface area contributed by atoms with Gasteiger partial charge in [0.2, 0.25) is 5.91 Å². The second kappa shape index (κ2) is 9.97. The Hall–Kier alpha value is -2.02. The van der Waals surface area contributed by atoms with Crippen molar-refractivity contribution in [1.82, 2.24) is 15.5 Å². The van der Waals surface area contributed by atoms with Crippen molar-refractivity contribution < 1.29 is 13.9 Å². The second-order valence-corrected chi connectivity index (χ2v) is 6.07. The molecule has 7 heteroatoms. The number of aromatic nitrogens is 2. The number of nitrogens with one attached hydrogen (secondary N) is 1. The summed E-state index contributed by atoms with van der Waals surface area (Å²) in [6.45, 7) is 5.33. The molecule has 0 bridgehead atoms. The van der Waals surface area contributed by atoms with Crippen LogP contribution in [0.25, 0.3) is 11.5 Å². The number of hydrogen-bond acceptors (Lipinski definition) is 6. The van der Waals surface area contributed by atoms with Crippen LogP contribution < -0.4 is 10.1 Å². The number of para-hydroxylation sites is 1. The predicted molar refractivity (Wildman–Crippen MR) is 94.2 cm³/mol. The number of unbranched alkanes of at least 4 members (excludes halogenated alkanes) is 2. The molecule has 0 atom stereocenters. The summed E-state index contributed by atoms with van der Waals surface area (Å²) in [5, 5.41) is 11.3. The summed E-state index contributed by atoms with van der Waals surface area (Å²) in [7, 11) is 0. The number of carbonyl (C=O) groups excluding carboxylic acids is 1. The zero-order chi connectivity index (χ0) is 17.2. The Bertz CT molecular complexity index is 646. The molecular formula is C17H23N3O3S. The lowest BCUT2D eigenvalue weighted by molar-refractivity contribution is -0.118. The third-order valence-corrected chi connectivity index (χ3v) is 4.07. The van der Waals surface area contributed by atoms with Crippen molar-refractivity contribution in [1.29, 1.82) is 0 Å². The van der Waals surface area contributed by atoms with E-state index in [-0.39, 0.29) is 11.7 Å². The van der Waals surface area contributed by atoms with Crippen molar-refractivity contribution in [2.45, 2.75) is 38.3 Å². The molecule has 6 nitrogen and oxygen atoms in total. The SMILES string of the molecule is CCCCCNC(=O)CSc1nnc(-c2ccccc2OCC)o1. The average Bonchev–Trinajstić information content (AvgIpc) is 3.06. The Kier molecular flexibility index (Phi) is 7.61. The number of ether oxygens (including phenoxy) is 1. The van der Waals surface area contributed by atoms with Gasteiger partial charge < -0.3 is 14.5 Å². The van der Waals surface area contributed by atoms with Crippen molar-refractivity contribution in [3.63, 3.8) is 0 Å². The quantitative estimate of drug-likeness (QED) is 0.522. The van der Waals surface area contributed by atoms with Crippen molar-refractivity contribution >= 4 is 17.7 Å². The van der Waals surface area contributed by atoms with E-state index in [1.165, 1.54) is 11.8 Å². The standard InChI is InChI=1S/C17H23N3O3S/c1-3-5-8-11-18-15(21)12-24-17-20-19-16(23-17)13-9-6-7-10-14(13)22-4-2/h6-7,9-10H,3-5,8,11-12H2,1-2H3,(H,18,21). The van der Waals surface area contributed by atoms with Crippen molar-refractivity contribution in [3.05, 3.63) is 24.3 Å². The molecule has 1 aromatic carbocycles. The molecule has 0 fully saturated rings. The van der Waals surface area contributed by atoms with Crippen LogP contribution in [0.1, 0.15) is 33.1 Å². The molecule has 1 heterocycles. The van der Waals surface area contributed by atoms with Crippen LogP contribution in [0.5, 0.6) is 5.75 Å². The number of benzene rings is 1. The maximum absolute atomic E-state index is 11.8. The smallest absolute Gasteiger partial charge is 0.277 e. The third-order valence-electron chi connectivity index (χ3n) is 3.25. The Morgan fingerprint density at radius 2 is 2.08 bits per heavy atom. The Morgan fingerprint density at radius 3 is 2.88 bits per heavy atom. The molecule has 0 saturated heterocycles. The minimum atomic E-state index is -0.0226. The fourth-order valence-corrected chi connectivity index (χ4v) is 2.68. The molecule has 0 aliphatic heterocycles. The van der Waals surface area contributed by atoms with E-state index in [0.29, 0.717) is 30.0 Å². The van der Waals surface area contributed by atoms with Gasteiger partial charge in [-0.15, -0.1) is 10.2 Å². The number of amides is 1. The fourth-order valence-electron chi connectivity index (χ4n) is 2.08. The lowest BCUT2D eigenvalue weighted by Gasteiger charge is -2.06. The first-order valence-electron chi connectivity index (χ1n) is 8.19. The zero-order valence-electron chi connectivity index (χ0n) is 14.1. The van der Waals surface area contributed by atoms with Crippen molar-refractivity contribution in [2.75, 3.05) is 18.9 Å². The Labute approximate surface area is 146 Å². The molecule has 0 aliphatic rings. The first-order valence-corrected chi connectivity index (χ1v) is 9.18. The largest absolute Gasteiger partial charge is 0.493 e. The molecule has 0 aliphatic carbocycles. The summed E-state index contributed by atoms with van der Waals surface area (Å²) >= 11 is 1.23. The van der Waals surface area contributed by atoms with Crippen molar-refractivity contribution in [2.24, 2.45) is 0 Å². The zero-order valence-corrected chi connectivity index (χ0v) is 14.9. The molecular weight excluding hydrogens is 326 g/mol. The molecule has 2 rings (SSSR count). The van der Waals surface area contributed by atoms with Crippen LogP contribution in [0.2, 0.25) is 0 Å². The van der Waals surface area contributed by atoms with Crippen LogP contribution in [0.4, 0.5) is 0 Å². The summed E-state index contributed by atoms with van der Waals surface area (Å²) in [6, 6.07) is 7.51. The second-order valence-electron chi connectivity index (χ2n) is 5.15. The van der Waals surface area contributed by atoms with Crippen LogP contribution in [0.15, 0.2) is 33.9 Å². The van der Waals surface area contributed by atoms with E-state index in [4.69, 9.17) is 9.15 Å². The minimum absolute atomic E-state index is 0.0226. The number of rotatable bonds is 10. The first-order chi connectivity index (χ1) is 11.7. The summed E-state index contributed by atoms with van der Waals surface area (Å²) in [4.78, 5) is 11.8. The highest BCUT2D eigenvalue weighted by Gasteiger charge is 2.14. The van der Waals surface area contributed by atoms with E-state index in [1.54, 1.807) is 0 Å². The molecule has 0 spiro atoms. The van der Waals surface area contributed by atoms with Gasteiger partial charge in [0.15, 0.2) is 0 Å². The molecule has 0 unspecified atom stereocenters. The lowest BCUT2D eigenvalue weighted by atomic mass is 10.2. The van der Waals surface area contributed by atoms with Gasteiger partial charge in [-0.3, -0.25) is 4.79 Å². The van der Waals surface area contributed by atoms with Gasteiger partial charge in [-0.25, -0.2) is 0 Å². The van der Waals surface area contributed by atoms with Crippen LogP contribution >= 0.6 is 11.8 Å². The van der Waals surface area contributed by atoms with Gasteiger partial charge in [-0.05, 0) is 25.5 Å². The molecule has 2 aromatic rings. The highest BCUT2D eigenvalue weighted by molar-refractivity contribution is 7.99. The molecule has 130 valence electrons. The Balaban J connectivity index is 1.88. The molecule has 1 amide bonds. The van der Waals surface area contributed by atoms with E-state index in [9.17, 15) is 4.79 Å². The average molecular weight is 349 g/mol. The van der Waals surface area contributed by atoms with Gasteiger partial charge in [0.05, 0.1) is 17.9 Å². The summed E-state index contributed by atoms with van der Waals surface area (Å²) in [5.41, 5.74) is 0.753. The molecule has 1 N–H and O–H groups in total. The van der Waals surface area contributed by atoms with Crippen LogP contribution in [0, 0.1) is 0 Å². The normalized spacial score (nSPS) is 10.6. The first kappa shape index (κ1) is 18.3. The highest BCUT2D eigenvalue weighted by atomic mass is 32.2. The maximum atomic E-state index is 11.8. The summed E-state index contributed by atoms with van der Waals surface area (Å²) in [6.07, 6.45) is 3.27. The molecule has 1 aromatic heterocycles. The number of carbonyl (C=O) groups is 1. The van der Waals surface area contributed by atoms with E-state index in [1.807, 2.05) is 31.2 Å². The number of hydrogen-bond donors (Lipinski definition) is 1. The van der Waals surface area contributed by atoms with E-state index in [0.717, 1.165) is 24.8 Å². The van der Waals surface area contributed by atoms with E-state index < -0.39 is 0 Å². The maximum Gasteiger partial charge on any atom is 0.277 e. The van der Waals surface area contributed by atoms with Gasteiger partial charge >= 0.3 is 0 Å². The molecule has 0 saturated carbocycles. The number of thioether (sulfide) groups is 1. The fraction of sp³-hybridized carbons (Fsp3) is 0.471. The third kappa shape index (κ3) is 5.56. The van der Waals surface area contributed by atoms with Crippen molar-refractivity contribution in [3.8, 4) is 17.2 Å². The van der Waals surface area contributed by atoms with Gasteiger partial charge in [-0.2, -0.15) is 0 Å². The van der Waals surface area contributed by atoms with E-state index >= 15 is 0 Å². The predicted octanol–water partition coefficient (Wildman–Crippen LogP) is 3.53. The van der Waals surface area contributed by atoms with Gasteiger partial charge in [0.1, 0.15) is 5.75 Å². The lowest BCUT2D eigenvalue weighted by Crippen LogP contribution is -2.26.